The number of sulfone groups is 1. The van der Waals surface area contributed by atoms with E-state index in [1.54, 1.807) is 31.4 Å². The fourth-order valence-electron chi connectivity index (χ4n) is 3.08. The summed E-state index contributed by atoms with van der Waals surface area (Å²) in [6.45, 7) is 2.56. The number of benzene rings is 1. The lowest BCUT2D eigenvalue weighted by Crippen LogP contribution is -2.36. The molecule has 1 aliphatic rings. The SMILES string of the molecule is CCN(c1cnc(C(=O)Nc2ccc(OC)cc2)cn1)C1CCS(=O)(=O)C1. The lowest BCUT2D eigenvalue weighted by molar-refractivity contribution is 0.102. The lowest BCUT2D eigenvalue weighted by atomic mass is 10.2. The summed E-state index contributed by atoms with van der Waals surface area (Å²) in [5.41, 5.74) is 0.808. The first-order valence-electron chi connectivity index (χ1n) is 8.66. The van der Waals surface area contributed by atoms with Gasteiger partial charge in [0.2, 0.25) is 0 Å². The first kappa shape index (κ1) is 19.1. The third-order valence-corrected chi connectivity index (χ3v) is 6.25. The zero-order valence-corrected chi connectivity index (χ0v) is 16.1. The molecular weight excluding hydrogens is 368 g/mol. The number of nitrogens with one attached hydrogen (secondary N) is 1. The number of hydrogen-bond acceptors (Lipinski definition) is 7. The number of anilines is 2. The van der Waals surface area contributed by atoms with Gasteiger partial charge in [-0.3, -0.25) is 4.79 Å². The molecule has 0 radical (unpaired) electrons. The second-order valence-corrected chi connectivity index (χ2v) is 8.51. The van der Waals surface area contributed by atoms with Gasteiger partial charge >= 0.3 is 0 Å². The van der Waals surface area contributed by atoms with Gasteiger partial charge in [-0.1, -0.05) is 0 Å². The molecule has 1 aliphatic heterocycles. The van der Waals surface area contributed by atoms with Crippen molar-refractivity contribution in [3.05, 3.63) is 42.4 Å². The molecule has 0 aliphatic carbocycles. The number of hydrogen-bond donors (Lipinski definition) is 1. The number of methoxy groups -OCH3 is 1. The van der Waals surface area contributed by atoms with Gasteiger partial charge in [0.1, 0.15) is 17.3 Å². The van der Waals surface area contributed by atoms with E-state index in [-0.39, 0.29) is 29.1 Å². The predicted molar refractivity (Wildman–Crippen MR) is 103 cm³/mol. The van der Waals surface area contributed by atoms with E-state index in [2.05, 4.69) is 15.3 Å². The van der Waals surface area contributed by atoms with Gasteiger partial charge in [0.05, 0.1) is 31.0 Å². The summed E-state index contributed by atoms with van der Waals surface area (Å²) in [6, 6.07) is 6.86. The highest BCUT2D eigenvalue weighted by molar-refractivity contribution is 7.91. The maximum Gasteiger partial charge on any atom is 0.275 e. The van der Waals surface area contributed by atoms with Crippen molar-refractivity contribution in [3.8, 4) is 5.75 Å². The van der Waals surface area contributed by atoms with Crippen molar-refractivity contribution in [1.29, 1.82) is 0 Å². The Bertz CT molecular complexity index is 898. The zero-order valence-electron chi connectivity index (χ0n) is 15.3. The molecule has 1 aromatic carbocycles. The van der Waals surface area contributed by atoms with Crippen LogP contribution in [0.1, 0.15) is 23.8 Å². The molecule has 1 N–H and O–H groups in total. The molecule has 144 valence electrons. The number of aromatic nitrogens is 2. The topological polar surface area (TPSA) is 101 Å². The van der Waals surface area contributed by atoms with E-state index in [9.17, 15) is 13.2 Å². The molecule has 0 saturated carbocycles. The van der Waals surface area contributed by atoms with E-state index in [0.717, 1.165) is 0 Å². The average Bonchev–Trinajstić information content (AvgIpc) is 3.03. The van der Waals surface area contributed by atoms with E-state index in [4.69, 9.17) is 4.74 Å². The Morgan fingerprint density at radius 2 is 2.00 bits per heavy atom. The molecule has 2 aromatic rings. The number of nitrogens with zero attached hydrogens (tertiary/aromatic N) is 3. The molecule has 3 rings (SSSR count). The molecule has 1 saturated heterocycles. The van der Waals surface area contributed by atoms with Crippen LogP contribution in [0.15, 0.2) is 36.7 Å². The molecule has 0 spiro atoms. The lowest BCUT2D eigenvalue weighted by Gasteiger charge is -2.27. The molecule has 9 heteroatoms. The molecule has 1 amide bonds. The first-order valence-corrected chi connectivity index (χ1v) is 10.5. The van der Waals surface area contributed by atoms with Gasteiger partial charge in [0, 0.05) is 18.3 Å². The average molecular weight is 390 g/mol. The van der Waals surface area contributed by atoms with Crippen LogP contribution < -0.4 is 15.0 Å². The Hall–Kier alpha value is -2.68. The zero-order chi connectivity index (χ0) is 19.4. The quantitative estimate of drug-likeness (QED) is 0.802. The largest absolute Gasteiger partial charge is 0.497 e. The Morgan fingerprint density at radius 1 is 1.26 bits per heavy atom. The second kappa shape index (κ2) is 7.91. The van der Waals surface area contributed by atoms with Gasteiger partial charge in [-0.2, -0.15) is 0 Å². The highest BCUT2D eigenvalue weighted by Gasteiger charge is 2.32. The number of carbonyl (C=O) groups excluding carboxylic acids is 1. The minimum absolute atomic E-state index is 0.103. The van der Waals surface area contributed by atoms with E-state index < -0.39 is 9.84 Å². The number of amides is 1. The van der Waals surface area contributed by atoms with Crippen molar-refractivity contribution >= 4 is 27.2 Å². The summed E-state index contributed by atoms with van der Waals surface area (Å²) in [5.74, 6) is 1.23. The fraction of sp³-hybridized carbons (Fsp3) is 0.389. The highest BCUT2D eigenvalue weighted by Crippen LogP contribution is 2.22. The van der Waals surface area contributed by atoms with E-state index in [0.29, 0.717) is 30.2 Å². The van der Waals surface area contributed by atoms with Crippen LogP contribution >= 0.6 is 0 Å². The Balaban J connectivity index is 1.69. The number of carbonyl (C=O) groups is 1. The third-order valence-electron chi connectivity index (χ3n) is 4.50. The summed E-state index contributed by atoms with van der Waals surface area (Å²) in [7, 11) is -1.41. The number of ether oxygens (including phenoxy) is 1. The molecule has 2 heterocycles. The van der Waals surface area contributed by atoms with Crippen LogP contribution in [-0.2, 0) is 9.84 Å². The maximum atomic E-state index is 12.3. The summed E-state index contributed by atoms with van der Waals surface area (Å²) >= 11 is 0. The summed E-state index contributed by atoms with van der Waals surface area (Å²) < 4.78 is 28.5. The van der Waals surface area contributed by atoms with Gasteiger partial charge in [-0.25, -0.2) is 18.4 Å². The van der Waals surface area contributed by atoms with Crippen LogP contribution in [0.2, 0.25) is 0 Å². The van der Waals surface area contributed by atoms with Crippen LogP contribution in [0.5, 0.6) is 5.75 Å². The Morgan fingerprint density at radius 3 is 2.52 bits per heavy atom. The molecule has 8 nitrogen and oxygen atoms in total. The molecule has 27 heavy (non-hydrogen) atoms. The standard InChI is InChI=1S/C18H22N4O4S/c1-3-22(14-8-9-27(24,25)12-14)17-11-19-16(10-20-17)18(23)21-13-4-6-15(26-2)7-5-13/h4-7,10-11,14H,3,8-9,12H2,1-2H3,(H,21,23). The molecule has 1 atom stereocenters. The van der Waals surface area contributed by atoms with E-state index >= 15 is 0 Å². The molecule has 0 bridgehead atoms. The predicted octanol–water partition coefficient (Wildman–Crippen LogP) is 1.75. The minimum Gasteiger partial charge on any atom is -0.497 e. The van der Waals surface area contributed by atoms with Crippen LogP contribution in [0.3, 0.4) is 0 Å². The summed E-state index contributed by atoms with van der Waals surface area (Å²) in [6.07, 6.45) is 3.50. The molecule has 1 unspecified atom stereocenters. The van der Waals surface area contributed by atoms with Crippen LogP contribution in [0, 0.1) is 0 Å². The first-order chi connectivity index (χ1) is 12.9. The second-order valence-electron chi connectivity index (χ2n) is 6.29. The smallest absolute Gasteiger partial charge is 0.275 e. The van der Waals surface area contributed by atoms with Gasteiger partial charge in [-0.15, -0.1) is 0 Å². The van der Waals surface area contributed by atoms with Crippen LogP contribution in [-0.4, -0.2) is 55.5 Å². The van der Waals surface area contributed by atoms with Crippen molar-refractivity contribution in [1.82, 2.24) is 9.97 Å². The van der Waals surface area contributed by atoms with Crippen molar-refractivity contribution in [2.24, 2.45) is 0 Å². The third kappa shape index (κ3) is 4.54. The molecule has 1 fully saturated rings. The van der Waals surface area contributed by atoms with E-state index in [1.165, 1.54) is 12.4 Å². The normalized spacial score (nSPS) is 18.1. The van der Waals surface area contributed by atoms with Crippen molar-refractivity contribution in [2.75, 3.05) is 35.4 Å². The fourth-order valence-corrected chi connectivity index (χ4v) is 4.82. The number of rotatable bonds is 6. The van der Waals surface area contributed by atoms with Gasteiger partial charge in [-0.05, 0) is 37.6 Å². The monoisotopic (exact) mass is 390 g/mol. The molecule has 1 aromatic heterocycles. The maximum absolute atomic E-state index is 12.3. The van der Waals surface area contributed by atoms with Crippen molar-refractivity contribution in [2.45, 2.75) is 19.4 Å². The Kier molecular flexibility index (Phi) is 5.59. The molecular formula is C18H22N4O4S. The van der Waals surface area contributed by atoms with Crippen LogP contribution in [0.4, 0.5) is 11.5 Å². The minimum atomic E-state index is -2.98. The summed E-state index contributed by atoms with van der Waals surface area (Å²) in [4.78, 5) is 22.8. The highest BCUT2D eigenvalue weighted by atomic mass is 32.2. The van der Waals surface area contributed by atoms with Crippen molar-refractivity contribution in [3.63, 3.8) is 0 Å². The summed E-state index contributed by atoms with van der Waals surface area (Å²) in [5, 5.41) is 2.75. The van der Waals surface area contributed by atoms with Crippen LogP contribution in [0.25, 0.3) is 0 Å². The Labute approximate surface area is 158 Å². The van der Waals surface area contributed by atoms with E-state index in [1.807, 2.05) is 11.8 Å². The van der Waals surface area contributed by atoms with Gasteiger partial charge in [0.15, 0.2) is 9.84 Å². The van der Waals surface area contributed by atoms with Gasteiger partial charge in [0.25, 0.3) is 5.91 Å². The van der Waals surface area contributed by atoms with Crippen molar-refractivity contribution < 1.29 is 17.9 Å². The van der Waals surface area contributed by atoms with Gasteiger partial charge < -0.3 is 15.0 Å².